The highest BCUT2D eigenvalue weighted by Gasteiger charge is 2.42. The number of nitrogens with zero attached hydrogens (tertiary/aromatic N) is 2. The molecule has 5 nitrogen and oxygen atoms in total. The Kier molecular flexibility index (Phi) is 6.37. The fraction of sp³-hybridized carbons (Fsp3) is 0.333. The number of hydrogen-bond acceptors (Lipinski definition) is 4. The summed E-state index contributed by atoms with van der Waals surface area (Å²) in [6.07, 6.45) is 0.652. The zero-order chi connectivity index (χ0) is 21.0. The average molecular weight is 392 g/mol. The maximum Gasteiger partial charge on any atom is 0.290 e. The van der Waals surface area contributed by atoms with Crippen molar-refractivity contribution in [2.75, 3.05) is 24.5 Å². The van der Waals surface area contributed by atoms with Crippen LogP contribution in [-0.4, -0.2) is 41.3 Å². The van der Waals surface area contributed by atoms with Crippen LogP contribution in [0, 0.1) is 0 Å². The second kappa shape index (κ2) is 8.95. The van der Waals surface area contributed by atoms with Gasteiger partial charge in [-0.25, -0.2) is 0 Å². The molecule has 0 aliphatic carbocycles. The molecule has 0 aromatic heterocycles. The quantitative estimate of drug-likeness (QED) is 0.736. The second-order valence-electron chi connectivity index (χ2n) is 7.22. The third-order valence-electron chi connectivity index (χ3n) is 5.50. The summed E-state index contributed by atoms with van der Waals surface area (Å²) < 4.78 is 0. The number of aliphatic hydroxyl groups excluding tert-OH is 1. The Bertz CT molecular complexity index is 899. The van der Waals surface area contributed by atoms with E-state index in [0.717, 1.165) is 29.9 Å². The minimum atomic E-state index is -0.561. The summed E-state index contributed by atoms with van der Waals surface area (Å²) >= 11 is 0. The van der Waals surface area contributed by atoms with Crippen LogP contribution in [0.4, 0.5) is 5.69 Å². The van der Waals surface area contributed by atoms with Gasteiger partial charge in [0.05, 0.1) is 11.6 Å². The lowest BCUT2D eigenvalue weighted by Crippen LogP contribution is -2.33. The first-order valence-electron chi connectivity index (χ1n) is 10.1. The highest BCUT2D eigenvalue weighted by atomic mass is 16.3. The third kappa shape index (κ3) is 4.19. The van der Waals surface area contributed by atoms with Crippen LogP contribution in [0.1, 0.15) is 37.9 Å². The summed E-state index contributed by atoms with van der Waals surface area (Å²) in [5.74, 6) is -1.19. The molecule has 2 aromatic carbocycles. The monoisotopic (exact) mass is 392 g/mol. The zero-order valence-corrected chi connectivity index (χ0v) is 17.3. The van der Waals surface area contributed by atoms with E-state index in [1.165, 1.54) is 6.92 Å². The van der Waals surface area contributed by atoms with E-state index in [1.54, 1.807) is 4.90 Å². The molecule has 152 valence electrons. The molecule has 1 unspecified atom stereocenters. The van der Waals surface area contributed by atoms with Crippen LogP contribution in [0.2, 0.25) is 0 Å². The van der Waals surface area contributed by atoms with Gasteiger partial charge in [0.25, 0.3) is 5.91 Å². The van der Waals surface area contributed by atoms with Crippen LogP contribution in [-0.2, 0) is 16.0 Å². The van der Waals surface area contributed by atoms with Gasteiger partial charge in [-0.3, -0.25) is 9.59 Å². The highest BCUT2D eigenvalue weighted by molar-refractivity contribution is 6.08. The van der Waals surface area contributed by atoms with Crippen LogP contribution in [0.5, 0.6) is 0 Å². The standard InChI is InChI=1S/C24H28N2O3/c1-4-25(5-2)20-13-11-19(12-14-20)22-21(17(3)27)23(28)24(29)26(22)16-15-18-9-7-6-8-10-18/h6-14,22,28H,4-5,15-16H2,1-3H3. The van der Waals surface area contributed by atoms with Gasteiger partial charge in [0.1, 0.15) is 0 Å². The van der Waals surface area contributed by atoms with E-state index < -0.39 is 17.7 Å². The Hall–Kier alpha value is -3.08. The Balaban J connectivity index is 1.91. The molecule has 0 spiro atoms. The Morgan fingerprint density at radius 1 is 1.03 bits per heavy atom. The zero-order valence-electron chi connectivity index (χ0n) is 17.3. The van der Waals surface area contributed by atoms with E-state index in [1.807, 2.05) is 54.6 Å². The number of carbonyl (C=O) groups is 2. The lowest BCUT2D eigenvalue weighted by atomic mass is 9.96. The number of amides is 1. The smallest absolute Gasteiger partial charge is 0.290 e. The van der Waals surface area contributed by atoms with Gasteiger partial charge in [-0.1, -0.05) is 42.5 Å². The molecule has 2 aromatic rings. The molecule has 1 atom stereocenters. The maximum atomic E-state index is 12.8. The topological polar surface area (TPSA) is 60.9 Å². The minimum Gasteiger partial charge on any atom is -0.503 e. The predicted octanol–water partition coefficient (Wildman–Crippen LogP) is 4.06. The molecule has 5 heteroatoms. The van der Waals surface area contributed by atoms with E-state index >= 15 is 0 Å². The van der Waals surface area contributed by atoms with Crippen LogP contribution in [0.3, 0.4) is 0 Å². The minimum absolute atomic E-state index is 0.179. The van der Waals surface area contributed by atoms with Gasteiger partial charge < -0.3 is 14.9 Å². The summed E-state index contributed by atoms with van der Waals surface area (Å²) in [6, 6.07) is 17.2. The van der Waals surface area contributed by atoms with Crippen LogP contribution in [0.15, 0.2) is 65.9 Å². The molecule has 1 aliphatic heterocycles. The molecule has 1 aliphatic rings. The van der Waals surface area contributed by atoms with Gasteiger partial charge in [0, 0.05) is 25.3 Å². The number of aliphatic hydroxyl groups is 1. The fourth-order valence-electron chi connectivity index (χ4n) is 3.94. The third-order valence-corrected chi connectivity index (χ3v) is 5.50. The van der Waals surface area contributed by atoms with E-state index in [2.05, 4.69) is 18.7 Å². The van der Waals surface area contributed by atoms with Gasteiger partial charge in [-0.2, -0.15) is 0 Å². The second-order valence-corrected chi connectivity index (χ2v) is 7.22. The van der Waals surface area contributed by atoms with Crippen molar-refractivity contribution in [3.8, 4) is 0 Å². The molecule has 3 rings (SSSR count). The normalized spacial score (nSPS) is 16.4. The van der Waals surface area contributed by atoms with Gasteiger partial charge >= 0.3 is 0 Å². The molecular formula is C24H28N2O3. The van der Waals surface area contributed by atoms with Gasteiger partial charge in [0.15, 0.2) is 11.5 Å². The van der Waals surface area contributed by atoms with Crippen molar-refractivity contribution in [2.24, 2.45) is 0 Å². The first-order valence-corrected chi connectivity index (χ1v) is 10.1. The van der Waals surface area contributed by atoms with Crippen LogP contribution >= 0.6 is 0 Å². The summed E-state index contributed by atoms with van der Waals surface area (Å²) in [5, 5.41) is 10.4. The summed E-state index contributed by atoms with van der Waals surface area (Å²) in [7, 11) is 0. The molecule has 0 saturated carbocycles. The SMILES string of the molecule is CCN(CC)c1ccc(C2C(C(C)=O)=C(O)C(=O)N2CCc2ccccc2)cc1. The molecule has 29 heavy (non-hydrogen) atoms. The van der Waals surface area contributed by atoms with Crippen LogP contribution in [0.25, 0.3) is 0 Å². The molecule has 1 amide bonds. The lowest BCUT2D eigenvalue weighted by Gasteiger charge is -2.27. The van der Waals surface area contributed by atoms with Crippen molar-refractivity contribution < 1.29 is 14.7 Å². The number of benzene rings is 2. The summed E-state index contributed by atoms with van der Waals surface area (Å²) in [5.41, 5.74) is 3.21. The number of Topliss-reactive ketones (excluding diaryl/α,β-unsaturated/α-hetero) is 1. The Morgan fingerprint density at radius 2 is 1.66 bits per heavy atom. The first kappa shape index (κ1) is 20.6. The van der Waals surface area contributed by atoms with Crippen molar-refractivity contribution in [2.45, 2.75) is 33.2 Å². The highest BCUT2D eigenvalue weighted by Crippen LogP contribution is 2.38. The molecule has 0 bridgehead atoms. The van der Waals surface area contributed by atoms with Crippen molar-refractivity contribution >= 4 is 17.4 Å². The van der Waals surface area contributed by atoms with E-state index in [4.69, 9.17) is 0 Å². The average Bonchev–Trinajstić information content (AvgIpc) is 2.99. The fourth-order valence-corrected chi connectivity index (χ4v) is 3.94. The number of carbonyl (C=O) groups excluding carboxylic acids is 2. The largest absolute Gasteiger partial charge is 0.503 e. The molecule has 0 radical (unpaired) electrons. The molecule has 0 saturated heterocycles. The Morgan fingerprint density at radius 3 is 2.21 bits per heavy atom. The van der Waals surface area contributed by atoms with Gasteiger partial charge in [-0.05, 0) is 50.5 Å². The molecule has 0 fully saturated rings. The maximum absolute atomic E-state index is 12.8. The van der Waals surface area contributed by atoms with Crippen LogP contribution < -0.4 is 4.90 Å². The number of ketones is 1. The lowest BCUT2D eigenvalue weighted by molar-refractivity contribution is -0.129. The van der Waals surface area contributed by atoms with E-state index in [-0.39, 0.29) is 11.4 Å². The first-order chi connectivity index (χ1) is 14.0. The summed E-state index contributed by atoms with van der Waals surface area (Å²) in [6.45, 7) is 7.84. The Labute approximate surface area is 172 Å². The van der Waals surface area contributed by atoms with Crippen molar-refractivity contribution in [1.82, 2.24) is 4.90 Å². The van der Waals surface area contributed by atoms with Crippen molar-refractivity contribution in [3.63, 3.8) is 0 Å². The number of rotatable bonds is 8. The van der Waals surface area contributed by atoms with Crippen molar-refractivity contribution in [3.05, 3.63) is 77.1 Å². The molecule has 1 heterocycles. The summed E-state index contributed by atoms with van der Waals surface area (Å²) in [4.78, 5) is 28.9. The van der Waals surface area contributed by atoms with Gasteiger partial charge in [-0.15, -0.1) is 0 Å². The molecule has 1 N–H and O–H groups in total. The number of anilines is 1. The van der Waals surface area contributed by atoms with E-state index in [9.17, 15) is 14.7 Å². The van der Waals surface area contributed by atoms with Crippen molar-refractivity contribution in [1.29, 1.82) is 0 Å². The molecular weight excluding hydrogens is 364 g/mol. The van der Waals surface area contributed by atoms with Gasteiger partial charge in [0.2, 0.25) is 0 Å². The predicted molar refractivity (Wildman–Crippen MR) is 115 cm³/mol. The number of hydrogen-bond donors (Lipinski definition) is 1. The van der Waals surface area contributed by atoms with E-state index in [0.29, 0.717) is 13.0 Å².